The molecule has 4 aromatic rings. The van der Waals surface area contributed by atoms with Gasteiger partial charge in [-0.1, -0.05) is 87.6 Å². The number of sulfone groups is 1. The highest BCUT2D eigenvalue weighted by Gasteiger charge is 2.33. The summed E-state index contributed by atoms with van der Waals surface area (Å²) in [6.07, 6.45) is 7.23. The smallest absolute Gasteiger partial charge is 0.258 e. The fraction of sp³-hybridized carbons (Fsp3) is 0.447. The number of sulfonamides is 1. The lowest BCUT2D eigenvalue weighted by Gasteiger charge is -2.34. The second-order valence-corrected chi connectivity index (χ2v) is 20.7. The summed E-state index contributed by atoms with van der Waals surface area (Å²) in [6, 6.07) is 17.9. The Balaban J connectivity index is 1.37. The maximum Gasteiger partial charge on any atom is 0.258 e. The predicted molar refractivity (Wildman–Crippen MR) is 241 cm³/mol. The number of ether oxygens (including phenoxy) is 1. The van der Waals surface area contributed by atoms with Crippen molar-refractivity contribution >= 4 is 31.7 Å². The molecule has 0 aliphatic carbocycles. The van der Waals surface area contributed by atoms with Gasteiger partial charge in [0.2, 0.25) is 10.0 Å². The van der Waals surface area contributed by atoms with Crippen molar-refractivity contribution in [1.82, 2.24) is 14.1 Å². The number of hydrogen-bond acceptors (Lipinski definition) is 10. The molecule has 4 aromatic carbocycles. The lowest BCUT2D eigenvalue weighted by atomic mass is 9.91. The van der Waals surface area contributed by atoms with Crippen molar-refractivity contribution in [3.05, 3.63) is 94.0 Å². The van der Waals surface area contributed by atoms with E-state index >= 15 is 0 Å². The van der Waals surface area contributed by atoms with Crippen LogP contribution in [0.1, 0.15) is 95.3 Å². The number of rotatable bonds is 16. The molecule has 0 spiro atoms. The van der Waals surface area contributed by atoms with Gasteiger partial charge in [-0.15, -0.1) is 0 Å². The van der Waals surface area contributed by atoms with Gasteiger partial charge in [-0.3, -0.25) is 9.59 Å². The van der Waals surface area contributed by atoms with E-state index in [0.29, 0.717) is 52.0 Å². The Morgan fingerprint density at radius 1 is 0.694 bits per heavy atom. The highest BCUT2D eigenvalue weighted by Crippen LogP contribution is 2.45. The monoisotopic (exact) mass is 889 g/mol. The zero-order valence-corrected chi connectivity index (χ0v) is 37.8. The lowest BCUT2D eigenvalue weighted by Crippen LogP contribution is -2.50. The van der Waals surface area contributed by atoms with Crippen LogP contribution in [0.25, 0.3) is 22.3 Å². The Labute approximate surface area is 365 Å². The van der Waals surface area contributed by atoms with Gasteiger partial charge in [0.15, 0.2) is 9.84 Å². The maximum atomic E-state index is 14.3. The molecule has 2 saturated heterocycles. The number of aromatic hydroxyl groups is 3. The second kappa shape index (κ2) is 19.9. The third-order valence-electron chi connectivity index (χ3n) is 11.8. The number of phenols is 3. The number of phenolic OH excluding ortho intramolecular Hbond substituents is 3. The van der Waals surface area contributed by atoms with E-state index in [1.165, 1.54) is 15.3 Å². The van der Waals surface area contributed by atoms with E-state index < -0.39 is 25.8 Å². The second-order valence-electron chi connectivity index (χ2n) is 16.5. The molecule has 0 aromatic heterocycles. The average molecular weight is 890 g/mol. The van der Waals surface area contributed by atoms with Gasteiger partial charge >= 0.3 is 0 Å². The highest BCUT2D eigenvalue weighted by molar-refractivity contribution is 7.91. The van der Waals surface area contributed by atoms with Crippen molar-refractivity contribution in [3.63, 3.8) is 0 Å². The van der Waals surface area contributed by atoms with E-state index in [1.54, 1.807) is 23.1 Å². The number of carbonyl (C=O) groups is 2. The SMILES string of the molecule is CCCCCc1cc(O)c(-c2cccc(COc3cc(CCCCC)c(C(=O)N4CCN(S(C)(=O)=O)CC4)c(O)c3-c3cccc(C)c3)c2)c(O)c1C(=O)N1CCS(=O)(=O)CC1. The van der Waals surface area contributed by atoms with Crippen LogP contribution in [-0.2, 0) is 39.3 Å². The van der Waals surface area contributed by atoms with Gasteiger partial charge in [0.1, 0.15) is 29.6 Å². The summed E-state index contributed by atoms with van der Waals surface area (Å²) in [4.78, 5) is 31.4. The summed E-state index contributed by atoms with van der Waals surface area (Å²) in [7, 11) is -6.68. The minimum Gasteiger partial charge on any atom is -0.507 e. The molecule has 0 bridgehead atoms. The number of aryl methyl sites for hydroxylation is 3. The third-order valence-corrected chi connectivity index (χ3v) is 14.7. The molecule has 15 heteroatoms. The summed E-state index contributed by atoms with van der Waals surface area (Å²) < 4.78 is 56.7. The van der Waals surface area contributed by atoms with Crippen molar-refractivity contribution in [3.8, 4) is 45.3 Å². The molecule has 0 radical (unpaired) electrons. The maximum absolute atomic E-state index is 14.3. The van der Waals surface area contributed by atoms with E-state index in [-0.39, 0.29) is 97.2 Å². The quantitative estimate of drug-likeness (QED) is 0.0984. The Hall–Kier alpha value is -5.12. The minimum atomic E-state index is -3.42. The standard InChI is InChI=1S/C47H59N3O10S2/c1-5-7-9-15-36-29-38(51)40(44(52)42(36)47(55)49-23-25-62(58,59)26-24-49)35-18-12-14-33(28-35)31-60-39-30-37(16-10-8-6-2)43(45(53)41(39)34-17-11-13-32(3)27-34)46(54)48-19-21-50(22-20-48)61(4,56)57/h11-14,17-18,27-30,51-53H,5-10,15-16,19-26,31H2,1-4H3. The summed E-state index contributed by atoms with van der Waals surface area (Å²) in [6.45, 7) is 6.75. The Morgan fingerprint density at radius 2 is 1.23 bits per heavy atom. The van der Waals surface area contributed by atoms with E-state index in [0.717, 1.165) is 50.3 Å². The zero-order valence-electron chi connectivity index (χ0n) is 36.2. The zero-order chi connectivity index (χ0) is 44.8. The Bertz CT molecular complexity index is 2500. The Morgan fingerprint density at radius 3 is 1.79 bits per heavy atom. The predicted octanol–water partition coefficient (Wildman–Crippen LogP) is 7.08. The van der Waals surface area contributed by atoms with Crippen LogP contribution in [0.3, 0.4) is 0 Å². The highest BCUT2D eigenvalue weighted by atomic mass is 32.2. The first-order valence-corrected chi connectivity index (χ1v) is 25.2. The van der Waals surface area contributed by atoms with Crippen molar-refractivity contribution in [2.45, 2.75) is 78.7 Å². The summed E-state index contributed by atoms with van der Waals surface area (Å²) >= 11 is 0. The van der Waals surface area contributed by atoms with Gasteiger partial charge in [-0.05, 0) is 78.6 Å². The number of nitrogens with zero attached hydrogens (tertiary/aromatic N) is 3. The third kappa shape index (κ3) is 10.7. The van der Waals surface area contributed by atoms with Crippen LogP contribution < -0.4 is 4.74 Å². The molecule has 334 valence electrons. The van der Waals surface area contributed by atoms with Gasteiger partial charge in [0.05, 0.1) is 40.0 Å². The van der Waals surface area contributed by atoms with Crippen LogP contribution in [0, 0.1) is 6.92 Å². The van der Waals surface area contributed by atoms with Gasteiger partial charge in [-0.25, -0.2) is 16.8 Å². The molecule has 13 nitrogen and oxygen atoms in total. The molecule has 2 aliphatic heterocycles. The van der Waals surface area contributed by atoms with Crippen molar-refractivity contribution < 1.29 is 46.5 Å². The normalized spacial score (nSPS) is 15.7. The van der Waals surface area contributed by atoms with Crippen LogP contribution in [0.4, 0.5) is 0 Å². The number of piperazine rings is 1. The number of amides is 2. The van der Waals surface area contributed by atoms with Crippen molar-refractivity contribution in [2.75, 3.05) is 57.0 Å². The molecule has 2 amide bonds. The topological polar surface area (TPSA) is 182 Å². The number of benzene rings is 4. The van der Waals surface area contributed by atoms with Crippen LogP contribution >= 0.6 is 0 Å². The first-order valence-electron chi connectivity index (χ1n) is 21.5. The van der Waals surface area contributed by atoms with Crippen molar-refractivity contribution in [2.24, 2.45) is 0 Å². The summed E-state index contributed by atoms with van der Waals surface area (Å²) in [5.74, 6) is -1.64. The molecule has 0 unspecified atom stereocenters. The molecule has 62 heavy (non-hydrogen) atoms. The molecular formula is C47H59N3O10S2. The Kier molecular flexibility index (Phi) is 14.9. The number of unbranched alkanes of at least 4 members (excludes halogenated alkanes) is 4. The van der Waals surface area contributed by atoms with Gasteiger partial charge < -0.3 is 29.9 Å². The first kappa shape index (κ1) is 46.4. The number of carbonyl (C=O) groups excluding carboxylic acids is 2. The molecular weight excluding hydrogens is 831 g/mol. The summed E-state index contributed by atoms with van der Waals surface area (Å²) in [5, 5.41) is 35.5. The van der Waals surface area contributed by atoms with Crippen LogP contribution in [0.2, 0.25) is 0 Å². The lowest BCUT2D eigenvalue weighted by molar-refractivity contribution is 0.0693. The molecule has 2 aliphatic rings. The first-order chi connectivity index (χ1) is 29.5. The van der Waals surface area contributed by atoms with Crippen molar-refractivity contribution in [1.29, 1.82) is 0 Å². The largest absolute Gasteiger partial charge is 0.507 e. The van der Waals surface area contributed by atoms with Gasteiger partial charge in [0.25, 0.3) is 11.8 Å². The van der Waals surface area contributed by atoms with Gasteiger partial charge in [0, 0.05) is 39.3 Å². The van der Waals surface area contributed by atoms with E-state index in [4.69, 9.17) is 4.74 Å². The number of hydrogen-bond donors (Lipinski definition) is 3. The molecule has 2 heterocycles. The fourth-order valence-electron chi connectivity index (χ4n) is 8.32. The molecule has 3 N–H and O–H groups in total. The fourth-order valence-corrected chi connectivity index (χ4v) is 10.3. The molecule has 0 saturated carbocycles. The van der Waals surface area contributed by atoms with Crippen LogP contribution in [-0.4, -0.2) is 115 Å². The van der Waals surface area contributed by atoms with E-state index in [2.05, 4.69) is 13.8 Å². The van der Waals surface area contributed by atoms with Gasteiger partial charge in [-0.2, -0.15) is 4.31 Å². The van der Waals surface area contributed by atoms with E-state index in [1.807, 2.05) is 43.3 Å². The average Bonchev–Trinajstić information content (AvgIpc) is 3.22. The molecule has 2 fully saturated rings. The van der Waals surface area contributed by atoms with Crippen LogP contribution in [0.15, 0.2) is 60.7 Å². The molecule has 0 atom stereocenters. The van der Waals surface area contributed by atoms with Crippen LogP contribution in [0.5, 0.6) is 23.0 Å². The molecule has 6 rings (SSSR count). The summed E-state index contributed by atoms with van der Waals surface area (Å²) in [5.41, 5.74) is 4.37. The van der Waals surface area contributed by atoms with E-state index in [9.17, 15) is 41.7 Å². The minimum absolute atomic E-state index is 0.00803.